The lowest BCUT2D eigenvalue weighted by Gasteiger charge is -2.24. The number of sulfonamides is 1. The molecule has 1 aliphatic heterocycles. The van der Waals surface area contributed by atoms with Gasteiger partial charge in [0, 0.05) is 6.07 Å². The van der Waals surface area contributed by atoms with E-state index in [1.165, 1.54) is 34.6 Å². The summed E-state index contributed by atoms with van der Waals surface area (Å²) in [5.74, 6) is 0.446. The van der Waals surface area contributed by atoms with Crippen LogP contribution >= 0.6 is 0 Å². The molecule has 0 saturated heterocycles. The molecular weight excluding hydrogens is 382 g/mol. The van der Waals surface area contributed by atoms with Crippen LogP contribution < -0.4 is 13.8 Å². The molecule has 0 radical (unpaired) electrons. The minimum Gasteiger partial charge on any atom is -0.486 e. The molecule has 7 nitrogen and oxygen atoms in total. The van der Waals surface area contributed by atoms with E-state index in [1.54, 1.807) is 25.1 Å². The van der Waals surface area contributed by atoms with Crippen LogP contribution in [0.5, 0.6) is 11.5 Å². The summed E-state index contributed by atoms with van der Waals surface area (Å²) in [7, 11) is -3.88. The number of hydrogen-bond donors (Lipinski definition) is 0. The van der Waals surface area contributed by atoms with E-state index in [9.17, 15) is 13.2 Å². The van der Waals surface area contributed by atoms with E-state index in [0.29, 0.717) is 36.0 Å². The van der Waals surface area contributed by atoms with Gasteiger partial charge in [0.15, 0.2) is 11.5 Å². The third-order valence-electron chi connectivity index (χ3n) is 4.06. The second-order valence-electron chi connectivity index (χ2n) is 5.90. The summed E-state index contributed by atoms with van der Waals surface area (Å²) in [6.07, 6.45) is 1.49. The first-order chi connectivity index (χ1) is 13.5. The number of carbonyl (C=O) groups is 1. The first kappa shape index (κ1) is 19.8. The van der Waals surface area contributed by atoms with E-state index >= 15 is 0 Å². The number of esters is 1. The van der Waals surface area contributed by atoms with Crippen molar-refractivity contribution in [1.29, 1.82) is 0 Å². The molecule has 1 heterocycles. The van der Waals surface area contributed by atoms with Crippen LogP contribution in [0.3, 0.4) is 0 Å². The van der Waals surface area contributed by atoms with Gasteiger partial charge in [0.05, 0.1) is 29.3 Å². The van der Waals surface area contributed by atoms with Crippen LogP contribution in [-0.4, -0.2) is 40.8 Å². The maximum absolute atomic E-state index is 13.2. The van der Waals surface area contributed by atoms with Crippen molar-refractivity contribution in [2.45, 2.75) is 11.8 Å². The number of ether oxygens (including phenoxy) is 3. The van der Waals surface area contributed by atoms with Gasteiger partial charge < -0.3 is 14.2 Å². The lowest BCUT2D eigenvalue weighted by atomic mass is 10.2. The van der Waals surface area contributed by atoms with Crippen LogP contribution in [0.1, 0.15) is 17.3 Å². The first-order valence-electron chi connectivity index (χ1n) is 8.78. The highest BCUT2D eigenvalue weighted by molar-refractivity contribution is 7.92. The van der Waals surface area contributed by atoms with Crippen molar-refractivity contribution in [3.63, 3.8) is 0 Å². The van der Waals surface area contributed by atoms with Crippen LogP contribution in [0.25, 0.3) is 0 Å². The van der Waals surface area contributed by atoms with Gasteiger partial charge in [-0.3, -0.25) is 4.31 Å². The van der Waals surface area contributed by atoms with Gasteiger partial charge in [0.2, 0.25) is 0 Å². The molecule has 0 unspecified atom stereocenters. The standard InChI is InChI=1S/C20H21NO6S/c1-3-11-21(16-7-5-15(6-8-16)20(22)25-4-2)28(23,24)17-9-10-18-19(14-17)27-13-12-26-18/h3,5-10,14H,1,4,11-13H2,2H3. The Morgan fingerprint density at radius 2 is 1.82 bits per heavy atom. The fourth-order valence-electron chi connectivity index (χ4n) is 2.75. The summed E-state index contributed by atoms with van der Waals surface area (Å²) >= 11 is 0. The normalized spacial score (nSPS) is 12.9. The average molecular weight is 403 g/mol. The Morgan fingerprint density at radius 3 is 2.46 bits per heavy atom. The molecule has 0 atom stereocenters. The predicted octanol–water partition coefficient (Wildman–Crippen LogP) is 3.02. The van der Waals surface area contributed by atoms with E-state index in [1.807, 2.05) is 0 Å². The van der Waals surface area contributed by atoms with Crippen LogP contribution in [0.2, 0.25) is 0 Å². The number of anilines is 1. The molecule has 0 N–H and O–H groups in total. The maximum Gasteiger partial charge on any atom is 0.338 e. The molecule has 0 bridgehead atoms. The van der Waals surface area contributed by atoms with E-state index < -0.39 is 16.0 Å². The molecule has 1 aliphatic rings. The number of fused-ring (bicyclic) bond motifs is 1. The van der Waals surface area contributed by atoms with Gasteiger partial charge in [0.1, 0.15) is 13.2 Å². The van der Waals surface area contributed by atoms with Gasteiger partial charge in [-0.1, -0.05) is 6.08 Å². The summed E-state index contributed by atoms with van der Waals surface area (Å²) in [6.45, 7) is 6.49. The quantitative estimate of drug-likeness (QED) is 0.522. The second kappa shape index (κ2) is 8.35. The third kappa shape index (κ3) is 3.96. The van der Waals surface area contributed by atoms with Crippen molar-refractivity contribution in [3.8, 4) is 11.5 Å². The molecule has 0 fully saturated rings. The van der Waals surface area contributed by atoms with Crippen molar-refractivity contribution in [2.75, 3.05) is 30.7 Å². The van der Waals surface area contributed by atoms with Gasteiger partial charge in [-0.25, -0.2) is 13.2 Å². The molecule has 0 amide bonds. The molecule has 8 heteroatoms. The largest absolute Gasteiger partial charge is 0.486 e. The highest BCUT2D eigenvalue weighted by atomic mass is 32.2. The van der Waals surface area contributed by atoms with Gasteiger partial charge in [-0.15, -0.1) is 6.58 Å². The van der Waals surface area contributed by atoms with E-state index in [2.05, 4.69) is 6.58 Å². The Hall–Kier alpha value is -3.00. The monoisotopic (exact) mass is 403 g/mol. The van der Waals surface area contributed by atoms with Crippen LogP contribution in [-0.2, 0) is 14.8 Å². The molecule has 0 spiro atoms. The van der Waals surface area contributed by atoms with Crippen molar-refractivity contribution >= 4 is 21.7 Å². The van der Waals surface area contributed by atoms with Gasteiger partial charge in [-0.05, 0) is 43.3 Å². The number of benzene rings is 2. The Labute approximate surface area is 164 Å². The zero-order valence-electron chi connectivity index (χ0n) is 15.5. The molecular formula is C20H21NO6S. The smallest absolute Gasteiger partial charge is 0.338 e. The second-order valence-corrected chi connectivity index (χ2v) is 7.76. The van der Waals surface area contributed by atoms with Crippen LogP contribution in [0.15, 0.2) is 60.0 Å². The summed E-state index contributed by atoms with van der Waals surface area (Å²) in [5.41, 5.74) is 0.753. The highest BCUT2D eigenvalue weighted by Crippen LogP contribution is 2.34. The van der Waals surface area contributed by atoms with Crippen molar-refractivity contribution in [2.24, 2.45) is 0 Å². The Bertz CT molecular complexity index is 969. The first-order valence-corrected chi connectivity index (χ1v) is 10.2. The third-order valence-corrected chi connectivity index (χ3v) is 5.85. The highest BCUT2D eigenvalue weighted by Gasteiger charge is 2.26. The summed E-state index contributed by atoms with van der Waals surface area (Å²) in [4.78, 5) is 11.9. The molecule has 3 rings (SSSR count). The fraction of sp³-hybridized carbons (Fsp3) is 0.250. The van der Waals surface area contributed by atoms with Gasteiger partial charge in [-0.2, -0.15) is 0 Å². The summed E-state index contributed by atoms with van der Waals surface area (Å²) < 4.78 is 43.5. The van der Waals surface area contributed by atoms with Crippen molar-refractivity contribution in [1.82, 2.24) is 0 Å². The van der Waals surface area contributed by atoms with E-state index in [4.69, 9.17) is 14.2 Å². The van der Waals surface area contributed by atoms with Crippen LogP contribution in [0, 0.1) is 0 Å². The van der Waals surface area contributed by atoms with Crippen molar-refractivity contribution < 1.29 is 27.4 Å². The Morgan fingerprint density at radius 1 is 1.14 bits per heavy atom. The van der Waals surface area contributed by atoms with Gasteiger partial charge >= 0.3 is 5.97 Å². The van der Waals surface area contributed by atoms with E-state index in [0.717, 1.165) is 0 Å². The topological polar surface area (TPSA) is 82.1 Å². The average Bonchev–Trinajstić information content (AvgIpc) is 2.72. The molecule has 0 aromatic heterocycles. The Balaban J connectivity index is 1.94. The molecule has 28 heavy (non-hydrogen) atoms. The lowest BCUT2D eigenvalue weighted by molar-refractivity contribution is 0.0526. The van der Waals surface area contributed by atoms with Gasteiger partial charge in [0.25, 0.3) is 10.0 Å². The number of rotatable bonds is 7. The van der Waals surface area contributed by atoms with Crippen LogP contribution in [0.4, 0.5) is 5.69 Å². The molecule has 2 aromatic rings. The minimum atomic E-state index is -3.88. The zero-order valence-corrected chi connectivity index (χ0v) is 16.3. The number of carbonyl (C=O) groups excluding carboxylic acids is 1. The molecule has 2 aromatic carbocycles. The Kier molecular flexibility index (Phi) is 5.89. The summed E-state index contributed by atoms with van der Waals surface area (Å²) in [5, 5.41) is 0. The maximum atomic E-state index is 13.2. The van der Waals surface area contributed by atoms with Crippen molar-refractivity contribution in [3.05, 3.63) is 60.7 Å². The fourth-order valence-corrected chi connectivity index (χ4v) is 4.20. The summed E-state index contributed by atoms with van der Waals surface area (Å²) in [6, 6.07) is 10.7. The zero-order chi connectivity index (χ0) is 20.1. The van der Waals surface area contributed by atoms with E-state index in [-0.39, 0.29) is 18.0 Å². The molecule has 0 aliphatic carbocycles. The molecule has 148 valence electrons. The lowest BCUT2D eigenvalue weighted by Crippen LogP contribution is -2.31. The SMILES string of the molecule is C=CCN(c1ccc(C(=O)OCC)cc1)S(=O)(=O)c1ccc2c(c1)OCCO2. The minimum absolute atomic E-state index is 0.0650. The predicted molar refractivity (Wildman–Crippen MR) is 105 cm³/mol. The number of hydrogen-bond acceptors (Lipinski definition) is 6. The molecule has 0 saturated carbocycles. The number of nitrogens with zero attached hydrogens (tertiary/aromatic N) is 1.